The summed E-state index contributed by atoms with van der Waals surface area (Å²) in [6.07, 6.45) is 0. The van der Waals surface area contributed by atoms with Gasteiger partial charge in [-0.25, -0.2) is 0 Å². The lowest BCUT2D eigenvalue weighted by atomic mass is 9.96. The van der Waals surface area contributed by atoms with Crippen LogP contribution in [0.25, 0.3) is 192 Å². The Hall–Kier alpha value is -19.7. The molecular weight excluding hydrogens is 1790 g/mol. The summed E-state index contributed by atoms with van der Waals surface area (Å²) in [6, 6.07) is 214. The van der Waals surface area contributed by atoms with Gasteiger partial charge >= 0.3 is 0 Å². The molecule has 0 saturated carbocycles. The maximum atomic E-state index is 2.43. The summed E-state index contributed by atoms with van der Waals surface area (Å²) in [5, 5.41) is 17.4. The third kappa shape index (κ3) is 16.6. The van der Waals surface area contributed by atoms with Crippen LogP contribution in [0.15, 0.2) is 595 Å². The second-order valence-electron chi connectivity index (χ2n) is 37.8. The number of nitrogens with zero attached hydrogens (tertiary/aromatic N) is 6. The van der Waals surface area contributed by atoms with Crippen LogP contribution in [0.1, 0.15) is 0 Å². The first-order valence-electron chi connectivity index (χ1n) is 50.7. The average Bonchev–Trinajstić information content (AvgIpc) is 1.58. The fourth-order valence-corrected chi connectivity index (χ4v) is 22.1. The number of fused-ring (bicyclic) bond motifs is 16. The Morgan fingerprint density at radius 1 is 0.122 bits per heavy atom. The smallest absolute Gasteiger partial charge is 0.0619 e. The quantitative estimate of drug-likeness (QED) is 0.0856. The standard InChI is InChI=1S/C52H36N2.C46H32N2.C44H30N2/c1-5-15-37(16-6-1)39-25-29-44(30-26-39)53(50-33-28-42(38-17-7-2-8-18-38)35-48(50)40-19-9-3-10-20-40)45-31-34-51-49(36-45)47-32-27-41-21-13-14-24-46(41)52(47)54(51)43-22-11-4-12-23-43;1-4-14-33(15-5-1)34-24-27-38(28-25-34)47(44-23-13-12-21-40(44)35-16-6-2-7-17-35)39-29-31-45-43(32-39)42-30-26-36-18-10-11-22-41(36)46(42)48(45)37-19-8-3-9-20-37;1-3-14-36(15-4-1)45(38-24-21-32(22-25-38)35-20-19-31-11-7-8-13-34(31)29-35)39-26-28-43-42(30-39)41-27-23-33-12-9-10-18-40(33)44(41)46(43)37-16-5-2-6-17-37/h1-36H;1-32H;1-30H. The van der Waals surface area contributed by atoms with Crippen LogP contribution >= 0.6 is 0 Å². The van der Waals surface area contributed by atoms with E-state index in [0.717, 1.165) is 68.2 Å². The molecule has 3 heterocycles. The molecule has 0 atom stereocenters. The van der Waals surface area contributed by atoms with Gasteiger partial charge in [-0.3, -0.25) is 0 Å². The molecule has 148 heavy (non-hydrogen) atoms. The molecular formula is C142H98N6. The molecule has 696 valence electrons. The highest BCUT2D eigenvalue weighted by atomic mass is 15.2. The molecule has 0 unspecified atom stereocenters. The lowest BCUT2D eigenvalue weighted by Crippen LogP contribution is -2.11. The van der Waals surface area contributed by atoms with Crippen LogP contribution < -0.4 is 14.7 Å². The van der Waals surface area contributed by atoms with Crippen molar-refractivity contribution in [3.63, 3.8) is 0 Å². The molecule has 6 nitrogen and oxygen atoms in total. The van der Waals surface area contributed by atoms with Crippen molar-refractivity contribution in [2.45, 2.75) is 0 Å². The minimum atomic E-state index is 1.09. The molecule has 0 fully saturated rings. The normalized spacial score (nSPS) is 11.4. The Balaban J connectivity index is 0.000000113. The van der Waals surface area contributed by atoms with Crippen molar-refractivity contribution in [1.29, 1.82) is 0 Å². The van der Waals surface area contributed by atoms with Gasteiger partial charge in [0.15, 0.2) is 0 Å². The zero-order valence-corrected chi connectivity index (χ0v) is 81.3. The largest absolute Gasteiger partial charge is 0.310 e. The molecule has 0 spiro atoms. The van der Waals surface area contributed by atoms with Crippen molar-refractivity contribution in [2.24, 2.45) is 0 Å². The van der Waals surface area contributed by atoms with Gasteiger partial charge in [0.05, 0.1) is 44.5 Å². The summed E-state index contributed by atoms with van der Waals surface area (Å²) in [7, 11) is 0. The molecule has 0 aliphatic heterocycles. The second-order valence-corrected chi connectivity index (χ2v) is 37.8. The Morgan fingerprint density at radius 3 is 0.784 bits per heavy atom. The van der Waals surface area contributed by atoms with Crippen LogP contribution in [-0.2, 0) is 0 Å². The molecule has 25 aromatic carbocycles. The molecule has 0 amide bonds. The molecule has 0 saturated heterocycles. The first-order valence-corrected chi connectivity index (χ1v) is 50.7. The van der Waals surface area contributed by atoms with E-state index in [9.17, 15) is 0 Å². The van der Waals surface area contributed by atoms with Crippen LogP contribution in [0.5, 0.6) is 0 Å². The van der Waals surface area contributed by atoms with Gasteiger partial charge in [-0.1, -0.05) is 431 Å². The maximum Gasteiger partial charge on any atom is 0.0619 e. The summed E-state index contributed by atoms with van der Waals surface area (Å²) in [6.45, 7) is 0. The van der Waals surface area contributed by atoms with Gasteiger partial charge in [-0.2, -0.15) is 0 Å². The van der Waals surface area contributed by atoms with Gasteiger partial charge < -0.3 is 28.4 Å². The lowest BCUT2D eigenvalue weighted by molar-refractivity contribution is 1.18. The van der Waals surface area contributed by atoms with E-state index >= 15 is 0 Å². The van der Waals surface area contributed by atoms with Crippen molar-refractivity contribution in [3.8, 4) is 83.8 Å². The van der Waals surface area contributed by atoms with E-state index in [4.69, 9.17) is 0 Å². The first-order chi connectivity index (χ1) is 73.4. The zero-order valence-electron chi connectivity index (χ0n) is 81.3. The van der Waals surface area contributed by atoms with E-state index in [0.29, 0.717) is 0 Å². The third-order valence-electron chi connectivity index (χ3n) is 29.1. The Kier molecular flexibility index (Phi) is 23.3. The fourth-order valence-electron chi connectivity index (χ4n) is 22.1. The van der Waals surface area contributed by atoms with Crippen LogP contribution in [0, 0.1) is 0 Å². The maximum absolute atomic E-state index is 2.43. The zero-order chi connectivity index (χ0) is 98.2. The van der Waals surface area contributed by atoms with Crippen molar-refractivity contribution >= 4 is 160 Å². The molecule has 6 heteroatoms. The lowest BCUT2D eigenvalue weighted by Gasteiger charge is -2.29. The van der Waals surface area contributed by atoms with Crippen molar-refractivity contribution < 1.29 is 0 Å². The average molecular weight is 1890 g/mol. The summed E-state index contributed by atoms with van der Waals surface area (Å²) in [5.41, 5.74) is 35.1. The monoisotopic (exact) mass is 1890 g/mol. The predicted molar refractivity (Wildman–Crippen MR) is 629 cm³/mol. The molecule has 0 aliphatic rings. The van der Waals surface area contributed by atoms with E-state index in [1.165, 1.54) is 175 Å². The number of benzene rings is 25. The van der Waals surface area contributed by atoms with Crippen LogP contribution in [-0.4, -0.2) is 13.7 Å². The highest BCUT2D eigenvalue weighted by molar-refractivity contribution is 6.23. The highest BCUT2D eigenvalue weighted by Crippen LogP contribution is 2.51. The Morgan fingerprint density at radius 2 is 0.378 bits per heavy atom. The van der Waals surface area contributed by atoms with E-state index in [-0.39, 0.29) is 0 Å². The molecule has 0 radical (unpaired) electrons. The van der Waals surface area contributed by atoms with Crippen LogP contribution in [0.2, 0.25) is 0 Å². The Labute approximate surface area is 860 Å². The number of anilines is 9. The summed E-state index contributed by atoms with van der Waals surface area (Å²) < 4.78 is 7.27. The van der Waals surface area contributed by atoms with Crippen LogP contribution in [0.4, 0.5) is 51.2 Å². The Bertz CT molecular complexity index is 9720. The van der Waals surface area contributed by atoms with Gasteiger partial charge in [0.2, 0.25) is 0 Å². The molecule has 0 aliphatic carbocycles. The minimum absolute atomic E-state index is 1.09. The summed E-state index contributed by atoms with van der Waals surface area (Å²) in [5.74, 6) is 0. The number of rotatable bonds is 18. The van der Waals surface area contributed by atoms with Gasteiger partial charge in [0.1, 0.15) is 0 Å². The minimum Gasteiger partial charge on any atom is -0.310 e. The van der Waals surface area contributed by atoms with E-state index in [1.54, 1.807) is 0 Å². The van der Waals surface area contributed by atoms with E-state index in [1.807, 2.05) is 0 Å². The topological polar surface area (TPSA) is 24.5 Å². The number of para-hydroxylation sites is 5. The molecule has 28 aromatic rings. The van der Waals surface area contributed by atoms with Crippen molar-refractivity contribution in [1.82, 2.24) is 13.7 Å². The fraction of sp³-hybridized carbons (Fsp3) is 0. The van der Waals surface area contributed by atoms with Crippen molar-refractivity contribution in [2.75, 3.05) is 14.7 Å². The van der Waals surface area contributed by atoms with E-state index in [2.05, 4.69) is 623 Å². The SMILES string of the molecule is c1ccc(-c2ccc(N(c3ccc4c(c3)c3ccc5ccccc5c3n4-c3ccccc3)c3ccc(-c4ccccc4)cc3-c3ccccc3)cc2)cc1.c1ccc(-c2ccc(N(c3ccc4c(c3)c3ccc5ccccc5c3n4-c3ccccc3)c3ccccc3-c3ccccc3)cc2)cc1.c1ccc(N(c2ccc(-c3ccc4ccccc4c3)cc2)c2ccc3c(c2)c2ccc4ccccc4c2n3-c2ccccc2)cc1. The van der Waals surface area contributed by atoms with E-state index < -0.39 is 0 Å². The molecule has 3 aromatic heterocycles. The molecule has 0 bridgehead atoms. The van der Waals surface area contributed by atoms with Crippen molar-refractivity contribution in [3.05, 3.63) is 595 Å². The van der Waals surface area contributed by atoms with Gasteiger partial charge in [0.25, 0.3) is 0 Å². The van der Waals surface area contributed by atoms with Gasteiger partial charge in [-0.15, -0.1) is 0 Å². The predicted octanol–water partition coefficient (Wildman–Crippen LogP) is 39.4. The highest BCUT2D eigenvalue weighted by Gasteiger charge is 2.27. The second kappa shape index (κ2) is 39.0. The molecule has 0 N–H and O–H groups in total. The first kappa shape index (κ1) is 88.5. The van der Waals surface area contributed by atoms with Gasteiger partial charge in [-0.05, 0) is 246 Å². The third-order valence-corrected chi connectivity index (χ3v) is 29.1. The number of aromatic nitrogens is 3. The summed E-state index contributed by atoms with van der Waals surface area (Å²) >= 11 is 0. The van der Waals surface area contributed by atoms with Gasteiger partial charge in [0, 0.05) is 116 Å². The number of hydrogen-bond acceptors (Lipinski definition) is 3. The van der Waals surface area contributed by atoms with Crippen LogP contribution in [0.3, 0.4) is 0 Å². The summed E-state index contributed by atoms with van der Waals surface area (Å²) in [4.78, 5) is 7.19. The number of hydrogen-bond donors (Lipinski definition) is 0. The molecule has 28 rings (SSSR count).